The molecule has 0 saturated carbocycles. The van der Waals surface area contributed by atoms with E-state index < -0.39 is 18.0 Å². The molecule has 7 nitrogen and oxygen atoms in total. The molecule has 0 aliphatic carbocycles. The van der Waals surface area contributed by atoms with Gasteiger partial charge in [0.2, 0.25) is 11.8 Å². The lowest BCUT2D eigenvalue weighted by Gasteiger charge is -2.29. The molecule has 1 fully saturated rings. The highest BCUT2D eigenvalue weighted by atomic mass is 19.1. The minimum Gasteiger partial charge on any atom is -0.345 e. The number of hydrogen-bond acceptors (Lipinski definition) is 4. The first kappa shape index (κ1) is 21.7. The molecule has 2 aromatic rings. The highest BCUT2D eigenvalue weighted by Crippen LogP contribution is 2.29. The fourth-order valence-electron chi connectivity index (χ4n) is 4.27. The highest BCUT2D eigenvalue weighted by molar-refractivity contribution is 6.06. The van der Waals surface area contributed by atoms with Crippen molar-refractivity contribution in [1.82, 2.24) is 15.5 Å². The number of rotatable bonds is 5. The van der Waals surface area contributed by atoms with Gasteiger partial charge in [0.1, 0.15) is 11.9 Å². The second-order valence-corrected chi connectivity index (χ2v) is 8.49. The predicted molar refractivity (Wildman–Crippen MR) is 114 cm³/mol. The SMILES string of the molecule is CC(C)C(NC(=O)c1ccc2c(c1)CN(C1CCC(=O)NC1=O)C2=O)c1ccccc1F. The summed E-state index contributed by atoms with van der Waals surface area (Å²) in [7, 11) is 0. The first-order valence-corrected chi connectivity index (χ1v) is 10.6. The summed E-state index contributed by atoms with van der Waals surface area (Å²) in [6.07, 6.45) is 0.452. The first-order valence-electron chi connectivity index (χ1n) is 10.6. The molecule has 4 rings (SSSR count). The van der Waals surface area contributed by atoms with Crippen molar-refractivity contribution in [2.75, 3.05) is 0 Å². The maximum atomic E-state index is 14.3. The number of carbonyl (C=O) groups excluding carboxylic acids is 4. The van der Waals surface area contributed by atoms with Crippen molar-refractivity contribution in [1.29, 1.82) is 0 Å². The summed E-state index contributed by atoms with van der Waals surface area (Å²) in [6.45, 7) is 3.98. The summed E-state index contributed by atoms with van der Waals surface area (Å²) in [6, 6.07) is 9.88. The molecule has 1 saturated heterocycles. The standard InChI is InChI=1S/C24H24FN3O4/c1-13(2)21(17-5-3-4-6-18(17)25)27-22(30)14-7-8-16-15(11-14)12-28(24(16)32)19-9-10-20(29)26-23(19)31/h3-8,11,13,19,21H,9-10,12H2,1-2H3,(H,27,30)(H,26,29,31). The number of hydrogen-bond donors (Lipinski definition) is 2. The topological polar surface area (TPSA) is 95.6 Å². The van der Waals surface area contributed by atoms with Crippen molar-refractivity contribution in [3.63, 3.8) is 0 Å². The third kappa shape index (κ3) is 4.00. The average Bonchev–Trinajstić information content (AvgIpc) is 3.08. The molecule has 0 radical (unpaired) electrons. The van der Waals surface area contributed by atoms with Crippen molar-refractivity contribution in [3.05, 3.63) is 70.5 Å². The molecule has 4 amide bonds. The molecule has 32 heavy (non-hydrogen) atoms. The van der Waals surface area contributed by atoms with E-state index in [-0.39, 0.29) is 48.8 Å². The summed E-state index contributed by atoms with van der Waals surface area (Å²) in [5.41, 5.74) is 1.83. The molecule has 2 atom stereocenters. The van der Waals surface area contributed by atoms with Gasteiger partial charge in [-0.15, -0.1) is 0 Å². The highest BCUT2D eigenvalue weighted by Gasteiger charge is 2.39. The van der Waals surface area contributed by atoms with Crippen LogP contribution < -0.4 is 10.6 Å². The predicted octanol–water partition coefficient (Wildman–Crippen LogP) is 2.71. The third-order valence-corrected chi connectivity index (χ3v) is 5.98. The molecular weight excluding hydrogens is 413 g/mol. The van der Waals surface area contributed by atoms with Crippen LogP contribution in [0.3, 0.4) is 0 Å². The molecule has 8 heteroatoms. The van der Waals surface area contributed by atoms with E-state index in [1.54, 1.807) is 36.4 Å². The second kappa shape index (κ2) is 8.53. The Morgan fingerprint density at radius 1 is 1.16 bits per heavy atom. The Hall–Kier alpha value is -3.55. The van der Waals surface area contributed by atoms with Crippen LogP contribution in [0.5, 0.6) is 0 Å². The smallest absolute Gasteiger partial charge is 0.255 e. The molecule has 166 valence electrons. The fourth-order valence-corrected chi connectivity index (χ4v) is 4.27. The number of imide groups is 1. The number of piperidine rings is 1. The van der Waals surface area contributed by atoms with E-state index in [9.17, 15) is 23.6 Å². The molecule has 0 aromatic heterocycles. The van der Waals surface area contributed by atoms with Crippen molar-refractivity contribution in [3.8, 4) is 0 Å². The van der Waals surface area contributed by atoms with Crippen LogP contribution in [0, 0.1) is 11.7 Å². The molecule has 2 aliphatic heterocycles. The van der Waals surface area contributed by atoms with Gasteiger partial charge < -0.3 is 10.2 Å². The molecule has 2 aliphatic rings. The van der Waals surface area contributed by atoms with Crippen molar-refractivity contribution >= 4 is 23.6 Å². The van der Waals surface area contributed by atoms with Crippen LogP contribution in [0.4, 0.5) is 4.39 Å². The maximum Gasteiger partial charge on any atom is 0.255 e. The molecule has 2 unspecified atom stereocenters. The van der Waals surface area contributed by atoms with Gasteiger partial charge in [-0.1, -0.05) is 32.0 Å². The normalized spacial score (nSPS) is 19.1. The third-order valence-electron chi connectivity index (χ3n) is 5.98. The summed E-state index contributed by atoms with van der Waals surface area (Å²) < 4.78 is 14.3. The van der Waals surface area contributed by atoms with E-state index in [0.29, 0.717) is 22.3 Å². The number of halogens is 1. The number of amides is 4. The van der Waals surface area contributed by atoms with Crippen LogP contribution >= 0.6 is 0 Å². The zero-order chi connectivity index (χ0) is 23.0. The zero-order valence-corrected chi connectivity index (χ0v) is 17.9. The van der Waals surface area contributed by atoms with E-state index in [0.717, 1.165) is 0 Å². The van der Waals surface area contributed by atoms with Gasteiger partial charge in [-0.25, -0.2) is 4.39 Å². The van der Waals surface area contributed by atoms with Crippen molar-refractivity contribution < 1.29 is 23.6 Å². The maximum absolute atomic E-state index is 14.3. The van der Waals surface area contributed by atoms with Gasteiger partial charge in [0.15, 0.2) is 0 Å². The molecular formula is C24H24FN3O4. The van der Waals surface area contributed by atoms with Gasteiger partial charge in [-0.05, 0) is 42.2 Å². The van der Waals surface area contributed by atoms with Gasteiger partial charge in [0.25, 0.3) is 11.8 Å². The Bertz CT molecular complexity index is 1110. The Balaban J connectivity index is 1.53. The summed E-state index contributed by atoms with van der Waals surface area (Å²) in [4.78, 5) is 50.8. The van der Waals surface area contributed by atoms with Crippen LogP contribution in [0.2, 0.25) is 0 Å². The largest absolute Gasteiger partial charge is 0.345 e. The molecule has 2 N–H and O–H groups in total. The number of carbonyl (C=O) groups is 4. The van der Waals surface area contributed by atoms with E-state index >= 15 is 0 Å². The van der Waals surface area contributed by atoms with Crippen LogP contribution in [0.15, 0.2) is 42.5 Å². The van der Waals surface area contributed by atoms with Crippen LogP contribution in [0.1, 0.15) is 64.6 Å². The molecule has 0 bridgehead atoms. The van der Waals surface area contributed by atoms with Crippen LogP contribution in [-0.4, -0.2) is 34.6 Å². The van der Waals surface area contributed by atoms with Crippen molar-refractivity contribution in [2.24, 2.45) is 5.92 Å². The summed E-state index contributed by atoms with van der Waals surface area (Å²) in [5.74, 6) is -1.93. The quantitative estimate of drug-likeness (QED) is 0.703. The van der Waals surface area contributed by atoms with Gasteiger partial charge in [0.05, 0.1) is 6.04 Å². The van der Waals surface area contributed by atoms with Gasteiger partial charge in [-0.2, -0.15) is 0 Å². The van der Waals surface area contributed by atoms with E-state index in [4.69, 9.17) is 0 Å². The lowest BCUT2D eigenvalue weighted by molar-refractivity contribution is -0.136. The Morgan fingerprint density at radius 2 is 1.91 bits per heavy atom. The Kier molecular flexibility index (Phi) is 5.78. The first-order chi connectivity index (χ1) is 15.3. The van der Waals surface area contributed by atoms with Crippen molar-refractivity contribution in [2.45, 2.75) is 45.3 Å². The number of nitrogens with zero attached hydrogens (tertiary/aromatic N) is 1. The minimum absolute atomic E-state index is 0.0464. The monoisotopic (exact) mass is 437 g/mol. The van der Waals surface area contributed by atoms with Gasteiger partial charge >= 0.3 is 0 Å². The Labute approximate surface area is 185 Å². The number of fused-ring (bicyclic) bond motifs is 1. The molecule has 2 aromatic carbocycles. The minimum atomic E-state index is -0.712. The van der Waals surface area contributed by atoms with Gasteiger partial charge in [0, 0.05) is 29.7 Å². The molecule has 2 heterocycles. The van der Waals surface area contributed by atoms with E-state index in [1.165, 1.54) is 11.0 Å². The summed E-state index contributed by atoms with van der Waals surface area (Å²) >= 11 is 0. The number of nitrogens with one attached hydrogen (secondary N) is 2. The van der Waals surface area contributed by atoms with Crippen LogP contribution in [-0.2, 0) is 16.1 Å². The average molecular weight is 437 g/mol. The Morgan fingerprint density at radius 3 is 2.59 bits per heavy atom. The lowest BCUT2D eigenvalue weighted by atomic mass is 9.95. The second-order valence-electron chi connectivity index (χ2n) is 8.49. The lowest BCUT2D eigenvalue weighted by Crippen LogP contribution is -2.52. The molecule has 0 spiro atoms. The fraction of sp³-hybridized carbons (Fsp3) is 0.333. The van der Waals surface area contributed by atoms with Crippen LogP contribution in [0.25, 0.3) is 0 Å². The number of benzene rings is 2. The van der Waals surface area contributed by atoms with E-state index in [2.05, 4.69) is 10.6 Å². The summed E-state index contributed by atoms with van der Waals surface area (Å²) in [5, 5.41) is 5.17. The van der Waals surface area contributed by atoms with Gasteiger partial charge in [-0.3, -0.25) is 24.5 Å². The zero-order valence-electron chi connectivity index (χ0n) is 17.9. The van der Waals surface area contributed by atoms with E-state index in [1.807, 2.05) is 13.8 Å².